The quantitative estimate of drug-likeness (QED) is 0.536. The molecule has 4 heterocycles. The second-order valence-corrected chi connectivity index (χ2v) is 8.31. The second kappa shape index (κ2) is 6.40. The molecule has 0 N–H and O–H groups in total. The van der Waals surface area contributed by atoms with E-state index in [4.69, 9.17) is 0 Å². The summed E-state index contributed by atoms with van der Waals surface area (Å²) >= 11 is 4.53. The predicted octanol–water partition coefficient (Wildman–Crippen LogP) is 2.88. The van der Waals surface area contributed by atoms with E-state index in [1.54, 1.807) is 32.7 Å². The molecule has 0 saturated carbocycles. The van der Waals surface area contributed by atoms with Gasteiger partial charge in [0.25, 0.3) is 11.1 Å². The lowest BCUT2D eigenvalue weighted by Crippen LogP contribution is -2.15. The van der Waals surface area contributed by atoms with Crippen molar-refractivity contribution in [1.82, 2.24) is 18.8 Å². The van der Waals surface area contributed by atoms with Crippen LogP contribution in [0.5, 0.6) is 0 Å². The number of aromatic nitrogens is 4. The number of aryl methyl sites for hydroxylation is 2. The Labute approximate surface area is 154 Å². The van der Waals surface area contributed by atoms with Crippen LogP contribution in [0, 0.1) is 13.8 Å². The molecule has 4 rings (SSSR count). The molecule has 0 bridgehead atoms. The van der Waals surface area contributed by atoms with E-state index in [1.807, 2.05) is 24.6 Å². The van der Waals surface area contributed by atoms with E-state index < -0.39 is 0 Å². The van der Waals surface area contributed by atoms with Crippen molar-refractivity contribution in [2.24, 2.45) is 0 Å². The maximum Gasteiger partial charge on any atom is 0.258 e. The summed E-state index contributed by atoms with van der Waals surface area (Å²) in [7, 11) is 0. The van der Waals surface area contributed by atoms with Crippen molar-refractivity contribution in [2.75, 3.05) is 0 Å². The van der Waals surface area contributed by atoms with Crippen LogP contribution in [0.2, 0.25) is 0 Å². The number of thiazole rings is 2. The van der Waals surface area contributed by atoms with Crippen LogP contribution in [0.25, 0.3) is 9.92 Å². The van der Waals surface area contributed by atoms with Gasteiger partial charge in [0.2, 0.25) is 0 Å². The zero-order valence-electron chi connectivity index (χ0n) is 13.6. The molecule has 9 heteroatoms. The summed E-state index contributed by atoms with van der Waals surface area (Å²) in [6, 6.07) is 3.15. The van der Waals surface area contributed by atoms with Crippen molar-refractivity contribution >= 4 is 44.4 Å². The molecular formula is C16H14N4O2S3. The van der Waals surface area contributed by atoms with Gasteiger partial charge in [-0.25, -0.2) is 9.97 Å². The van der Waals surface area contributed by atoms with Gasteiger partial charge in [0.15, 0.2) is 9.92 Å². The Hall–Kier alpha value is -1.97. The summed E-state index contributed by atoms with van der Waals surface area (Å²) in [5, 5.41) is 3.85. The summed E-state index contributed by atoms with van der Waals surface area (Å²) in [4.78, 5) is 34.8. The molecule has 0 amide bonds. The van der Waals surface area contributed by atoms with Crippen LogP contribution in [0.3, 0.4) is 0 Å². The predicted molar refractivity (Wildman–Crippen MR) is 103 cm³/mol. The molecule has 4 aromatic heterocycles. The van der Waals surface area contributed by atoms with Gasteiger partial charge in [-0.3, -0.25) is 18.4 Å². The third-order valence-electron chi connectivity index (χ3n) is 3.76. The van der Waals surface area contributed by atoms with E-state index in [0.29, 0.717) is 21.4 Å². The van der Waals surface area contributed by atoms with Crippen LogP contribution in [0.1, 0.15) is 22.8 Å². The Bertz CT molecular complexity index is 1110. The van der Waals surface area contributed by atoms with Crippen LogP contribution in [0.4, 0.5) is 0 Å². The van der Waals surface area contributed by atoms with Gasteiger partial charge in [-0.1, -0.05) is 0 Å². The van der Waals surface area contributed by atoms with Crippen molar-refractivity contribution in [3.63, 3.8) is 0 Å². The molecule has 0 aliphatic rings. The lowest BCUT2D eigenvalue weighted by Gasteiger charge is -2.03. The summed E-state index contributed by atoms with van der Waals surface area (Å²) in [5.41, 5.74) is 3.21. The first-order valence-electron chi connectivity index (χ1n) is 7.54. The number of rotatable bonds is 4. The number of hydrogen-bond acceptors (Lipinski definition) is 7. The zero-order chi connectivity index (χ0) is 17.6. The van der Waals surface area contributed by atoms with Gasteiger partial charge in [-0.05, 0) is 13.8 Å². The lowest BCUT2D eigenvalue weighted by molar-refractivity contribution is 0.992. The van der Waals surface area contributed by atoms with E-state index in [2.05, 4.69) is 9.97 Å². The molecule has 0 aliphatic heterocycles. The minimum absolute atomic E-state index is 0.0498. The lowest BCUT2D eigenvalue weighted by atomic mass is 10.4. The summed E-state index contributed by atoms with van der Waals surface area (Å²) in [6.07, 6.45) is 0. The Balaban J connectivity index is 1.53. The van der Waals surface area contributed by atoms with Crippen LogP contribution < -0.4 is 11.1 Å². The maximum absolute atomic E-state index is 12.2. The van der Waals surface area contributed by atoms with E-state index in [0.717, 1.165) is 22.8 Å². The normalized spacial score (nSPS) is 11.6. The molecular weight excluding hydrogens is 376 g/mol. The highest BCUT2D eigenvalue weighted by molar-refractivity contribution is 7.97. The number of thioether (sulfide) groups is 1. The number of nitrogens with zero attached hydrogens (tertiary/aromatic N) is 4. The Morgan fingerprint density at radius 1 is 0.880 bits per heavy atom. The molecule has 0 unspecified atom stereocenters. The molecule has 4 aromatic rings. The van der Waals surface area contributed by atoms with Crippen molar-refractivity contribution in [1.29, 1.82) is 0 Å². The van der Waals surface area contributed by atoms with Crippen LogP contribution >= 0.6 is 34.4 Å². The minimum Gasteiger partial charge on any atom is -0.269 e. The molecule has 0 aliphatic carbocycles. The first kappa shape index (κ1) is 16.5. The van der Waals surface area contributed by atoms with E-state index in [-0.39, 0.29) is 11.1 Å². The van der Waals surface area contributed by atoms with Gasteiger partial charge in [-0.2, -0.15) is 0 Å². The molecule has 0 radical (unpaired) electrons. The highest BCUT2D eigenvalue weighted by Gasteiger charge is 2.09. The van der Waals surface area contributed by atoms with Crippen LogP contribution in [0.15, 0.2) is 32.5 Å². The largest absolute Gasteiger partial charge is 0.269 e. The third kappa shape index (κ3) is 3.03. The van der Waals surface area contributed by atoms with Gasteiger partial charge in [0.05, 0.1) is 11.4 Å². The molecule has 0 saturated heterocycles. The smallest absolute Gasteiger partial charge is 0.258 e. The fraction of sp³-hybridized carbons (Fsp3) is 0.250. The van der Waals surface area contributed by atoms with Gasteiger partial charge >= 0.3 is 0 Å². The zero-order valence-corrected chi connectivity index (χ0v) is 16.0. The third-order valence-corrected chi connectivity index (χ3v) is 6.64. The number of fused-ring (bicyclic) bond motifs is 2. The average Bonchev–Trinajstić information content (AvgIpc) is 3.11. The Morgan fingerprint density at radius 2 is 1.32 bits per heavy atom. The van der Waals surface area contributed by atoms with Gasteiger partial charge in [-0.15, -0.1) is 34.4 Å². The molecule has 0 spiro atoms. The first-order valence-corrected chi connectivity index (χ1v) is 10.5. The first-order chi connectivity index (χ1) is 12.0. The topological polar surface area (TPSA) is 68.7 Å². The van der Waals surface area contributed by atoms with Gasteiger partial charge in [0, 0.05) is 45.8 Å². The van der Waals surface area contributed by atoms with E-state index >= 15 is 0 Å². The fourth-order valence-corrected chi connectivity index (χ4v) is 5.21. The van der Waals surface area contributed by atoms with Crippen LogP contribution in [-0.4, -0.2) is 18.8 Å². The summed E-state index contributed by atoms with van der Waals surface area (Å²) in [5.74, 6) is 1.21. The van der Waals surface area contributed by atoms with Crippen LogP contribution in [-0.2, 0) is 11.5 Å². The minimum atomic E-state index is -0.0498. The Morgan fingerprint density at radius 3 is 1.76 bits per heavy atom. The number of hydrogen-bond donors (Lipinski definition) is 0. The van der Waals surface area contributed by atoms with Gasteiger partial charge < -0.3 is 0 Å². The van der Waals surface area contributed by atoms with E-state index in [1.165, 1.54) is 22.7 Å². The maximum atomic E-state index is 12.2. The molecule has 6 nitrogen and oxygen atoms in total. The van der Waals surface area contributed by atoms with Gasteiger partial charge in [0.1, 0.15) is 0 Å². The standard InChI is InChI=1S/C16H14N4O2S3/c1-9-5-24-15-17-11(3-13(21)19(9)15)7-23-8-12-4-14(22)20-10(2)6-25-16(20)18-12/h3-6H,7-8H2,1-2H3. The summed E-state index contributed by atoms with van der Waals surface area (Å²) < 4.78 is 3.24. The average molecular weight is 391 g/mol. The van der Waals surface area contributed by atoms with Crippen molar-refractivity contribution < 1.29 is 0 Å². The Kier molecular flexibility index (Phi) is 4.22. The second-order valence-electron chi connectivity index (χ2n) is 5.65. The highest BCUT2D eigenvalue weighted by Crippen LogP contribution is 2.18. The summed E-state index contributed by atoms with van der Waals surface area (Å²) in [6.45, 7) is 3.79. The molecule has 128 valence electrons. The molecule has 0 aromatic carbocycles. The van der Waals surface area contributed by atoms with E-state index in [9.17, 15) is 9.59 Å². The van der Waals surface area contributed by atoms with Crippen molar-refractivity contribution in [2.45, 2.75) is 25.4 Å². The molecule has 0 fully saturated rings. The highest BCUT2D eigenvalue weighted by atomic mass is 32.2. The van der Waals surface area contributed by atoms with Crippen molar-refractivity contribution in [3.05, 3.63) is 66.4 Å². The monoisotopic (exact) mass is 390 g/mol. The molecule has 25 heavy (non-hydrogen) atoms. The van der Waals surface area contributed by atoms with Crippen molar-refractivity contribution in [3.8, 4) is 0 Å². The SMILES string of the molecule is Cc1csc2nc(CSCc3cc(=O)n4c(C)csc4n3)cc(=O)n12. The fourth-order valence-electron chi connectivity index (χ4n) is 2.61. The molecule has 0 atom stereocenters.